The van der Waals surface area contributed by atoms with Gasteiger partial charge in [0.2, 0.25) is 0 Å². The van der Waals surface area contributed by atoms with Gasteiger partial charge < -0.3 is 10.1 Å². The van der Waals surface area contributed by atoms with E-state index >= 15 is 0 Å². The predicted molar refractivity (Wildman–Crippen MR) is 74.7 cm³/mol. The monoisotopic (exact) mass is 329 g/mol. The van der Waals surface area contributed by atoms with E-state index in [-0.39, 0.29) is 10.0 Å². The second kappa shape index (κ2) is 7.38. The molecule has 1 rings (SSSR count). The molecule has 0 amide bonds. The fourth-order valence-corrected chi connectivity index (χ4v) is 2.34. The molecule has 0 aliphatic heterocycles. The summed E-state index contributed by atoms with van der Waals surface area (Å²) in [5.74, 6) is 0.335. The van der Waals surface area contributed by atoms with Gasteiger partial charge in [0.05, 0.1) is 18.6 Å². The van der Waals surface area contributed by atoms with Gasteiger partial charge in [-0.2, -0.15) is 13.2 Å². The molecule has 1 aromatic carbocycles. The molecule has 0 bridgehead atoms. The molecule has 0 saturated heterocycles. The number of methoxy groups -OCH3 is 1. The highest BCUT2D eigenvalue weighted by Crippen LogP contribution is 2.37. The van der Waals surface area contributed by atoms with Crippen LogP contribution in [0.3, 0.4) is 0 Å². The van der Waals surface area contributed by atoms with E-state index in [0.29, 0.717) is 17.9 Å². The second-order valence-corrected chi connectivity index (χ2v) is 5.15. The Morgan fingerprint density at radius 1 is 1.25 bits per heavy atom. The third kappa shape index (κ3) is 5.04. The van der Waals surface area contributed by atoms with E-state index < -0.39 is 18.6 Å². The summed E-state index contributed by atoms with van der Waals surface area (Å²) in [6.45, 7) is 2.33. The van der Waals surface area contributed by atoms with Crippen LogP contribution in [-0.4, -0.2) is 19.8 Å². The average Bonchev–Trinajstić information content (AvgIpc) is 2.35. The summed E-state index contributed by atoms with van der Waals surface area (Å²) >= 11 is 12.0. The highest BCUT2D eigenvalue weighted by Gasteiger charge is 2.33. The van der Waals surface area contributed by atoms with Gasteiger partial charge in [-0.25, -0.2) is 0 Å². The van der Waals surface area contributed by atoms with Crippen LogP contribution in [0.15, 0.2) is 12.1 Å². The molecule has 0 spiro atoms. The van der Waals surface area contributed by atoms with Gasteiger partial charge in [0.15, 0.2) is 0 Å². The summed E-state index contributed by atoms with van der Waals surface area (Å²) in [6.07, 6.45) is -4.58. The first-order valence-electron chi connectivity index (χ1n) is 6.11. The number of nitrogens with one attached hydrogen (secondary N) is 1. The van der Waals surface area contributed by atoms with Crippen molar-refractivity contribution in [2.24, 2.45) is 0 Å². The summed E-state index contributed by atoms with van der Waals surface area (Å²) in [5, 5.41) is 3.28. The Hall–Kier alpha value is -0.650. The zero-order valence-corrected chi connectivity index (χ0v) is 12.7. The molecule has 0 heterocycles. The van der Waals surface area contributed by atoms with Crippen LogP contribution in [0.1, 0.15) is 31.4 Å². The lowest BCUT2D eigenvalue weighted by Crippen LogP contribution is -2.27. The Balaban J connectivity index is 3.09. The Kier molecular flexibility index (Phi) is 6.43. The van der Waals surface area contributed by atoms with Crippen LogP contribution in [0.4, 0.5) is 13.2 Å². The van der Waals surface area contributed by atoms with Gasteiger partial charge in [0.25, 0.3) is 0 Å². The molecule has 0 aromatic heterocycles. The fourth-order valence-electron chi connectivity index (χ4n) is 1.81. The van der Waals surface area contributed by atoms with Crippen LogP contribution in [0.5, 0.6) is 5.75 Å². The van der Waals surface area contributed by atoms with Gasteiger partial charge in [-0.3, -0.25) is 0 Å². The number of halogens is 5. The van der Waals surface area contributed by atoms with E-state index in [2.05, 4.69) is 5.32 Å². The van der Waals surface area contributed by atoms with Gasteiger partial charge in [-0.1, -0.05) is 30.1 Å². The van der Waals surface area contributed by atoms with E-state index in [4.69, 9.17) is 27.9 Å². The van der Waals surface area contributed by atoms with Crippen molar-refractivity contribution >= 4 is 23.2 Å². The minimum atomic E-state index is -4.29. The van der Waals surface area contributed by atoms with Crippen molar-refractivity contribution in [1.82, 2.24) is 5.32 Å². The second-order valence-electron chi connectivity index (χ2n) is 4.33. The number of rotatable bonds is 6. The van der Waals surface area contributed by atoms with Gasteiger partial charge in [0, 0.05) is 17.1 Å². The summed E-state index contributed by atoms with van der Waals surface area (Å²) in [7, 11) is 1.42. The van der Waals surface area contributed by atoms with Gasteiger partial charge >= 0.3 is 6.18 Å². The first kappa shape index (κ1) is 17.4. The molecule has 0 saturated carbocycles. The van der Waals surface area contributed by atoms with Gasteiger partial charge in [-0.15, -0.1) is 0 Å². The SMILES string of the molecule is CCCNC(CC(F)(F)F)c1cc(Cl)c(OC)cc1Cl. The van der Waals surface area contributed by atoms with Gasteiger partial charge in [-0.05, 0) is 24.6 Å². The number of hydrogen-bond acceptors (Lipinski definition) is 2. The first-order chi connectivity index (χ1) is 9.28. The van der Waals surface area contributed by atoms with E-state index in [0.717, 1.165) is 6.42 Å². The summed E-state index contributed by atoms with van der Waals surface area (Å²) in [4.78, 5) is 0. The molecule has 1 unspecified atom stereocenters. The molecule has 20 heavy (non-hydrogen) atoms. The quantitative estimate of drug-likeness (QED) is 0.793. The van der Waals surface area contributed by atoms with Crippen LogP contribution in [0.25, 0.3) is 0 Å². The Bertz CT molecular complexity index is 452. The maximum atomic E-state index is 12.7. The topological polar surface area (TPSA) is 21.3 Å². The zero-order valence-electron chi connectivity index (χ0n) is 11.2. The maximum Gasteiger partial charge on any atom is 0.390 e. The van der Waals surface area contributed by atoms with E-state index in [1.807, 2.05) is 6.92 Å². The average molecular weight is 330 g/mol. The van der Waals surface area contributed by atoms with Crippen LogP contribution in [-0.2, 0) is 0 Å². The number of hydrogen-bond donors (Lipinski definition) is 1. The molecule has 1 aromatic rings. The molecule has 0 aliphatic carbocycles. The van der Waals surface area contributed by atoms with Crippen molar-refractivity contribution in [2.75, 3.05) is 13.7 Å². The highest BCUT2D eigenvalue weighted by molar-refractivity contribution is 6.34. The predicted octanol–water partition coefficient (Wildman–Crippen LogP) is 5.00. The van der Waals surface area contributed by atoms with E-state index in [1.165, 1.54) is 19.2 Å². The van der Waals surface area contributed by atoms with E-state index in [9.17, 15) is 13.2 Å². The smallest absolute Gasteiger partial charge is 0.390 e. The molecule has 0 aliphatic rings. The Morgan fingerprint density at radius 3 is 2.40 bits per heavy atom. The van der Waals surface area contributed by atoms with Crippen molar-refractivity contribution in [3.63, 3.8) is 0 Å². The summed E-state index contributed by atoms with van der Waals surface area (Å²) < 4.78 is 43.0. The standard InChI is InChI=1S/C13H16Cl2F3NO/c1-3-4-19-11(7-13(16,17)18)8-5-10(15)12(20-2)6-9(8)14/h5-6,11,19H,3-4,7H2,1-2H3. The molecule has 1 N–H and O–H groups in total. The third-order valence-corrected chi connectivity index (χ3v) is 3.35. The van der Waals surface area contributed by atoms with Gasteiger partial charge in [0.1, 0.15) is 5.75 Å². The van der Waals surface area contributed by atoms with E-state index in [1.54, 1.807) is 0 Å². The maximum absolute atomic E-state index is 12.7. The normalized spacial score (nSPS) is 13.3. The number of benzene rings is 1. The molecule has 7 heteroatoms. The molecular formula is C13H16Cl2F3NO. The lowest BCUT2D eigenvalue weighted by Gasteiger charge is -2.22. The van der Waals surface area contributed by atoms with Crippen LogP contribution in [0, 0.1) is 0 Å². The zero-order chi connectivity index (χ0) is 15.3. The largest absolute Gasteiger partial charge is 0.495 e. The highest BCUT2D eigenvalue weighted by atomic mass is 35.5. The first-order valence-corrected chi connectivity index (χ1v) is 6.87. The van der Waals surface area contributed by atoms with Crippen molar-refractivity contribution < 1.29 is 17.9 Å². The molecule has 0 fully saturated rings. The molecule has 2 nitrogen and oxygen atoms in total. The molecular weight excluding hydrogens is 314 g/mol. The number of ether oxygens (including phenoxy) is 1. The Morgan fingerprint density at radius 2 is 1.90 bits per heavy atom. The molecule has 114 valence electrons. The summed E-state index contributed by atoms with van der Waals surface area (Å²) in [6, 6.07) is 1.92. The third-order valence-electron chi connectivity index (χ3n) is 2.72. The van der Waals surface area contributed by atoms with Crippen molar-refractivity contribution in [1.29, 1.82) is 0 Å². The van der Waals surface area contributed by atoms with Crippen molar-refractivity contribution in [3.05, 3.63) is 27.7 Å². The lowest BCUT2D eigenvalue weighted by molar-refractivity contribution is -0.140. The fraction of sp³-hybridized carbons (Fsp3) is 0.538. The molecule has 1 atom stereocenters. The molecule has 0 radical (unpaired) electrons. The van der Waals surface area contributed by atoms with Crippen molar-refractivity contribution in [2.45, 2.75) is 32.0 Å². The Labute approximate surface area is 126 Å². The minimum Gasteiger partial charge on any atom is -0.495 e. The summed E-state index contributed by atoms with van der Waals surface area (Å²) in [5.41, 5.74) is 0.322. The van der Waals surface area contributed by atoms with Crippen LogP contribution < -0.4 is 10.1 Å². The van der Waals surface area contributed by atoms with Crippen molar-refractivity contribution in [3.8, 4) is 5.75 Å². The number of alkyl halides is 3. The van der Waals surface area contributed by atoms with Crippen LogP contribution >= 0.6 is 23.2 Å². The lowest BCUT2D eigenvalue weighted by atomic mass is 10.0. The minimum absolute atomic E-state index is 0.198. The van der Waals surface area contributed by atoms with Crippen LogP contribution in [0.2, 0.25) is 10.0 Å².